The second-order valence-electron chi connectivity index (χ2n) is 5.58. The van der Waals surface area contributed by atoms with E-state index in [1.54, 1.807) is 0 Å². The predicted octanol–water partition coefficient (Wildman–Crippen LogP) is 1.88. The van der Waals surface area contributed by atoms with Crippen molar-refractivity contribution in [2.75, 3.05) is 19.8 Å². The number of aryl methyl sites for hydroxylation is 1. The van der Waals surface area contributed by atoms with E-state index >= 15 is 0 Å². The standard InChI is InChI=1S/C13H21F3N4O/c1-9(2)12-18-11-4-3-10(7-20(11)19-12)17-5-6-21-8-13(14,15)16/h9-10,17H,3-8H2,1-2H3/t10-/m1/s1. The second-order valence-corrected chi connectivity index (χ2v) is 5.58. The Morgan fingerprint density at radius 2 is 2.19 bits per heavy atom. The molecule has 1 aromatic rings. The van der Waals surface area contributed by atoms with Crippen LogP contribution in [-0.4, -0.2) is 46.7 Å². The zero-order valence-electron chi connectivity index (χ0n) is 12.3. The van der Waals surface area contributed by atoms with Gasteiger partial charge in [0, 0.05) is 24.9 Å². The molecule has 5 nitrogen and oxygen atoms in total. The van der Waals surface area contributed by atoms with Crippen LogP contribution in [0.15, 0.2) is 0 Å². The van der Waals surface area contributed by atoms with E-state index in [2.05, 4.69) is 34.0 Å². The van der Waals surface area contributed by atoms with Crippen molar-refractivity contribution in [3.05, 3.63) is 11.6 Å². The highest BCUT2D eigenvalue weighted by molar-refractivity contribution is 5.00. The van der Waals surface area contributed by atoms with Crippen LogP contribution in [0.1, 0.15) is 37.8 Å². The molecule has 0 fully saturated rings. The summed E-state index contributed by atoms with van der Waals surface area (Å²) in [6.45, 7) is 4.07. The van der Waals surface area contributed by atoms with Crippen molar-refractivity contribution in [2.24, 2.45) is 0 Å². The maximum absolute atomic E-state index is 11.9. The van der Waals surface area contributed by atoms with Crippen molar-refractivity contribution in [2.45, 2.75) is 51.4 Å². The quantitative estimate of drug-likeness (QED) is 0.816. The lowest BCUT2D eigenvalue weighted by molar-refractivity contribution is -0.173. The molecule has 0 amide bonds. The highest BCUT2D eigenvalue weighted by Gasteiger charge is 2.27. The maximum atomic E-state index is 11.9. The first kappa shape index (κ1) is 16.2. The predicted molar refractivity (Wildman–Crippen MR) is 71.1 cm³/mol. The number of ether oxygens (including phenoxy) is 1. The monoisotopic (exact) mass is 306 g/mol. The van der Waals surface area contributed by atoms with Gasteiger partial charge in [0.05, 0.1) is 13.2 Å². The largest absolute Gasteiger partial charge is 0.411 e. The number of rotatable bonds is 6. The summed E-state index contributed by atoms with van der Waals surface area (Å²) in [6, 6.07) is 0.202. The smallest absolute Gasteiger partial charge is 0.371 e. The molecule has 0 aromatic carbocycles. The highest BCUT2D eigenvalue weighted by Crippen LogP contribution is 2.17. The number of nitrogens with zero attached hydrogens (tertiary/aromatic N) is 3. The van der Waals surface area contributed by atoms with E-state index in [0.29, 0.717) is 19.0 Å². The van der Waals surface area contributed by atoms with Crippen LogP contribution in [0.4, 0.5) is 13.2 Å². The lowest BCUT2D eigenvalue weighted by Crippen LogP contribution is -2.39. The van der Waals surface area contributed by atoms with Gasteiger partial charge in [0.1, 0.15) is 12.4 Å². The average molecular weight is 306 g/mol. The summed E-state index contributed by atoms with van der Waals surface area (Å²) in [7, 11) is 0. The van der Waals surface area contributed by atoms with Crippen LogP contribution < -0.4 is 5.32 Å². The van der Waals surface area contributed by atoms with E-state index < -0.39 is 12.8 Å². The molecule has 0 unspecified atom stereocenters. The fraction of sp³-hybridized carbons (Fsp3) is 0.846. The van der Waals surface area contributed by atoms with Gasteiger partial charge in [-0.1, -0.05) is 13.8 Å². The van der Waals surface area contributed by atoms with Gasteiger partial charge in [0.2, 0.25) is 0 Å². The first-order chi connectivity index (χ1) is 9.85. The van der Waals surface area contributed by atoms with Crippen LogP contribution in [-0.2, 0) is 17.7 Å². The highest BCUT2D eigenvalue weighted by atomic mass is 19.4. The average Bonchev–Trinajstić information content (AvgIpc) is 2.80. The lowest BCUT2D eigenvalue weighted by Gasteiger charge is -2.23. The van der Waals surface area contributed by atoms with Crippen molar-refractivity contribution in [1.82, 2.24) is 20.1 Å². The molecule has 21 heavy (non-hydrogen) atoms. The number of aromatic nitrogens is 3. The van der Waals surface area contributed by atoms with E-state index in [9.17, 15) is 13.2 Å². The molecule has 8 heteroatoms. The molecular formula is C13H21F3N4O. The summed E-state index contributed by atoms with van der Waals surface area (Å²) < 4.78 is 42.2. The molecule has 120 valence electrons. The molecule has 1 N–H and O–H groups in total. The van der Waals surface area contributed by atoms with E-state index in [-0.39, 0.29) is 12.6 Å². The number of nitrogens with one attached hydrogen (secondary N) is 1. The molecule has 2 rings (SSSR count). The molecule has 2 heterocycles. The topological polar surface area (TPSA) is 52.0 Å². The summed E-state index contributed by atoms with van der Waals surface area (Å²) >= 11 is 0. The van der Waals surface area contributed by atoms with E-state index in [1.165, 1.54) is 0 Å². The molecule has 1 atom stereocenters. The minimum atomic E-state index is -4.26. The Balaban J connectivity index is 1.72. The number of hydrogen-bond acceptors (Lipinski definition) is 4. The number of hydrogen-bond donors (Lipinski definition) is 1. The number of alkyl halides is 3. The molecular weight excluding hydrogens is 285 g/mol. The molecule has 0 saturated carbocycles. The summed E-state index contributed by atoms with van der Waals surface area (Å²) in [5, 5.41) is 7.67. The van der Waals surface area contributed by atoms with Crippen LogP contribution in [0, 0.1) is 0 Å². The van der Waals surface area contributed by atoms with Gasteiger partial charge in [0.25, 0.3) is 0 Å². The lowest BCUT2D eigenvalue weighted by atomic mass is 10.1. The first-order valence-corrected chi connectivity index (χ1v) is 7.16. The molecule has 1 aliphatic rings. The summed E-state index contributed by atoms with van der Waals surface area (Å²) in [5.74, 6) is 2.13. The normalized spacial score (nSPS) is 19.0. The van der Waals surface area contributed by atoms with Crippen LogP contribution in [0.5, 0.6) is 0 Å². The van der Waals surface area contributed by atoms with Crippen molar-refractivity contribution >= 4 is 0 Å². The third kappa shape index (κ3) is 4.96. The van der Waals surface area contributed by atoms with Gasteiger partial charge in [-0.2, -0.15) is 18.3 Å². The van der Waals surface area contributed by atoms with Gasteiger partial charge in [-0.3, -0.25) is 0 Å². The molecule has 0 saturated heterocycles. The van der Waals surface area contributed by atoms with E-state index in [4.69, 9.17) is 0 Å². The third-order valence-corrected chi connectivity index (χ3v) is 3.34. The zero-order chi connectivity index (χ0) is 15.5. The van der Waals surface area contributed by atoms with Gasteiger partial charge < -0.3 is 10.1 Å². The number of halogens is 3. The minimum absolute atomic E-state index is 0.0530. The second kappa shape index (κ2) is 6.74. The molecule has 0 radical (unpaired) electrons. The zero-order valence-corrected chi connectivity index (χ0v) is 12.3. The molecule has 0 bridgehead atoms. The van der Waals surface area contributed by atoms with Gasteiger partial charge in [-0.15, -0.1) is 0 Å². The molecule has 0 spiro atoms. The van der Waals surface area contributed by atoms with E-state index in [1.807, 2.05) is 4.68 Å². The third-order valence-electron chi connectivity index (χ3n) is 3.34. The fourth-order valence-electron chi connectivity index (χ4n) is 2.26. The van der Waals surface area contributed by atoms with E-state index in [0.717, 1.165) is 24.5 Å². The Kier molecular flexibility index (Phi) is 5.21. The van der Waals surface area contributed by atoms with Crippen molar-refractivity contribution in [1.29, 1.82) is 0 Å². The Labute approximate surface area is 121 Å². The van der Waals surface area contributed by atoms with Crippen molar-refractivity contribution < 1.29 is 17.9 Å². The Morgan fingerprint density at radius 3 is 2.86 bits per heavy atom. The Morgan fingerprint density at radius 1 is 1.43 bits per heavy atom. The molecule has 1 aromatic heterocycles. The van der Waals surface area contributed by atoms with Gasteiger partial charge in [0.15, 0.2) is 5.82 Å². The summed E-state index contributed by atoms with van der Waals surface area (Å²) in [5.41, 5.74) is 0. The number of fused-ring (bicyclic) bond motifs is 1. The Bertz CT molecular complexity index is 459. The van der Waals surface area contributed by atoms with Crippen molar-refractivity contribution in [3.8, 4) is 0 Å². The summed E-state index contributed by atoms with van der Waals surface area (Å²) in [4.78, 5) is 4.50. The molecule has 1 aliphatic heterocycles. The van der Waals surface area contributed by atoms with Gasteiger partial charge >= 0.3 is 6.18 Å². The van der Waals surface area contributed by atoms with Crippen LogP contribution in [0.2, 0.25) is 0 Å². The van der Waals surface area contributed by atoms with Crippen LogP contribution in [0.25, 0.3) is 0 Å². The van der Waals surface area contributed by atoms with Crippen LogP contribution >= 0.6 is 0 Å². The Hall–Kier alpha value is -1.15. The minimum Gasteiger partial charge on any atom is -0.371 e. The maximum Gasteiger partial charge on any atom is 0.411 e. The van der Waals surface area contributed by atoms with Crippen LogP contribution in [0.3, 0.4) is 0 Å². The fourth-order valence-corrected chi connectivity index (χ4v) is 2.26. The first-order valence-electron chi connectivity index (χ1n) is 7.16. The van der Waals surface area contributed by atoms with Gasteiger partial charge in [-0.25, -0.2) is 9.67 Å². The van der Waals surface area contributed by atoms with Crippen molar-refractivity contribution in [3.63, 3.8) is 0 Å². The van der Waals surface area contributed by atoms with Gasteiger partial charge in [-0.05, 0) is 6.42 Å². The molecule has 0 aliphatic carbocycles. The SMILES string of the molecule is CC(C)c1nc2n(n1)C[C@H](NCCOCC(F)(F)F)CC2. The summed E-state index contributed by atoms with van der Waals surface area (Å²) in [6.07, 6.45) is -2.51.